The van der Waals surface area contributed by atoms with Crippen molar-refractivity contribution in [1.29, 1.82) is 0 Å². The fraction of sp³-hybridized carbons (Fsp3) is 1.00. The molecule has 0 aliphatic heterocycles. The Morgan fingerprint density at radius 2 is 0.759 bits per heavy atom. The molecule has 2 unspecified atom stereocenters. The van der Waals surface area contributed by atoms with Crippen molar-refractivity contribution in [2.75, 3.05) is 0 Å². The van der Waals surface area contributed by atoms with Crippen LogP contribution in [0.4, 0.5) is 0 Å². The van der Waals surface area contributed by atoms with E-state index < -0.39 is 0 Å². The van der Waals surface area contributed by atoms with Crippen LogP contribution in [0, 0.1) is 11.8 Å². The summed E-state index contributed by atoms with van der Waals surface area (Å²) in [6, 6.07) is 0. The van der Waals surface area contributed by atoms with E-state index in [9.17, 15) is 0 Å². The molecule has 0 spiro atoms. The van der Waals surface area contributed by atoms with Gasteiger partial charge in [0.05, 0.1) is 0 Å². The van der Waals surface area contributed by atoms with E-state index in [1.165, 1.54) is 148 Å². The second-order valence-electron chi connectivity index (χ2n) is 10.2. The predicted molar refractivity (Wildman–Crippen MR) is 136 cm³/mol. The third kappa shape index (κ3) is 22.5. The van der Waals surface area contributed by atoms with E-state index in [4.69, 9.17) is 0 Å². The summed E-state index contributed by atoms with van der Waals surface area (Å²) in [5.41, 5.74) is 0. The normalized spacial score (nSPS) is 13.7. The highest BCUT2D eigenvalue weighted by atomic mass is 14.2. The van der Waals surface area contributed by atoms with Gasteiger partial charge in [-0.1, -0.05) is 175 Å². The SMILES string of the molecule is CCCCCCCCCCCCCC(C)CCC(CC)CCCCCCCCC. The molecule has 0 amide bonds. The molecule has 0 aromatic rings. The van der Waals surface area contributed by atoms with Crippen LogP contribution in [0.15, 0.2) is 0 Å². The van der Waals surface area contributed by atoms with Crippen molar-refractivity contribution in [2.24, 2.45) is 11.8 Å². The topological polar surface area (TPSA) is 0 Å². The van der Waals surface area contributed by atoms with Gasteiger partial charge in [-0.05, 0) is 11.8 Å². The summed E-state index contributed by atoms with van der Waals surface area (Å²) in [6.45, 7) is 9.54. The molecule has 0 aliphatic carbocycles. The highest BCUT2D eigenvalue weighted by molar-refractivity contribution is 4.62. The van der Waals surface area contributed by atoms with Crippen LogP contribution in [0.5, 0.6) is 0 Å². The second kappa shape index (κ2) is 24.3. The van der Waals surface area contributed by atoms with Gasteiger partial charge in [0, 0.05) is 0 Å². The van der Waals surface area contributed by atoms with Crippen molar-refractivity contribution >= 4 is 0 Å². The first kappa shape index (κ1) is 29.0. The number of rotatable bonds is 24. The Kier molecular flexibility index (Phi) is 24.3. The first-order valence-electron chi connectivity index (χ1n) is 14.2. The molecule has 0 bridgehead atoms. The molecular weight excluding hydrogens is 348 g/mol. The zero-order valence-electron chi connectivity index (χ0n) is 21.4. The van der Waals surface area contributed by atoms with E-state index in [0.29, 0.717) is 0 Å². The summed E-state index contributed by atoms with van der Waals surface area (Å²) in [4.78, 5) is 0. The lowest BCUT2D eigenvalue weighted by atomic mass is 9.88. The van der Waals surface area contributed by atoms with Gasteiger partial charge in [0.25, 0.3) is 0 Å². The predicted octanol–water partition coefficient (Wildman–Crippen LogP) is 11.3. The molecule has 0 radical (unpaired) electrons. The lowest BCUT2D eigenvalue weighted by Gasteiger charge is -2.18. The third-order valence-corrected chi connectivity index (χ3v) is 7.16. The van der Waals surface area contributed by atoms with Crippen LogP contribution in [0.2, 0.25) is 0 Å². The molecule has 0 heteroatoms. The molecule has 2 atom stereocenters. The lowest BCUT2D eigenvalue weighted by molar-refractivity contribution is 0.352. The maximum Gasteiger partial charge on any atom is -0.0417 e. The van der Waals surface area contributed by atoms with Gasteiger partial charge in [-0.25, -0.2) is 0 Å². The molecule has 0 aromatic heterocycles. The summed E-state index contributed by atoms with van der Waals surface area (Å²) in [7, 11) is 0. The Balaban J connectivity index is 3.42. The largest absolute Gasteiger partial charge is 0.0654 e. The van der Waals surface area contributed by atoms with Crippen molar-refractivity contribution in [3.05, 3.63) is 0 Å². The van der Waals surface area contributed by atoms with E-state index in [1.54, 1.807) is 0 Å². The molecule has 29 heavy (non-hydrogen) atoms. The molecule has 0 heterocycles. The van der Waals surface area contributed by atoms with Crippen LogP contribution in [-0.2, 0) is 0 Å². The Labute approximate surface area is 187 Å². The molecule has 0 aliphatic rings. The van der Waals surface area contributed by atoms with Gasteiger partial charge in [-0.15, -0.1) is 0 Å². The fourth-order valence-electron chi connectivity index (χ4n) is 4.76. The first-order valence-corrected chi connectivity index (χ1v) is 14.2. The number of hydrogen-bond acceptors (Lipinski definition) is 0. The maximum atomic E-state index is 2.51. The van der Waals surface area contributed by atoms with E-state index in [2.05, 4.69) is 27.7 Å². The van der Waals surface area contributed by atoms with E-state index >= 15 is 0 Å². The summed E-state index contributed by atoms with van der Waals surface area (Å²) >= 11 is 0. The molecule has 0 aromatic carbocycles. The standard InChI is InChI=1S/C29H60/c1-5-8-10-12-14-15-16-17-19-20-22-24-28(4)26-27-29(7-3)25-23-21-18-13-11-9-6-2/h28-29H,5-27H2,1-4H3. The molecule has 0 nitrogen and oxygen atoms in total. The van der Waals surface area contributed by atoms with E-state index in [-0.39, 0.29) is 0 Å². The smallest absolute Gasteiger partial charge is 0.0417 e. The van der Waals surface area contributed by atoms with Crippen LogP contribution in [0.25, 0.3) is 0 Å². The molecule has 0 saturated heterocycles. The molecule has 0 N–H and O–H groups in total. The third-order valence-electron chi connectivity index (χ3n) is 7.16. The quantitative estimate of drug-likeness (QED) is 0.139. The minimum absolute atomic E-state index is 0.955. The fourth-order valence-corrected chi connectivity index (χ4v) is 4.76. The molecule has 0 fully saturated rings. The highest BCUT2D eigenvalue weighted by Gasteiger charge is 2.09. The van der Waals surface area contributed by atoms with Gasteiger partial charge in [0.2, 0.25) is 0 Å². The van der Waals surface area contributed by atoms with E-state index in [0.717, 1.165) is 11.8 Å². The zero-order chi connectivity index (χ0) is 21.4. The first-order chi connectivity index (χ1) is 14.2. The van der Waals surface area contributed by atoms with E-state index in [1.807, 2.05) is 0 Å². The van der Waals surface area contributed by atoms with Crippen LogP contribution in [0.1, 0.15) is 175 Å². The lowest BCUT2D eigenvalue weighted by Crippen LogP contribution is -2.03. The summed E-state index contributed by atoms with van der Waals surface area (Å²) < 4.78 is 0. The zero-order valence-corrected chi connectivity index (χ0v) is 21.4. The Bertz CT molecular complexity index is 282. The van der Waals surface area contributed by atoms with Gasteiger partial charge in [-0.2, -0.15) is 0 Å². The minimum atomic E-state index is 0.955. The number of unbranched alkanes of at least 4 members (excludes halogenated alkanes) is 16. The van der Waals surface area contributed by atoms with Crippen LogP contribution in [-0.4, -0.2) is 0 Å². The second-order valence-corrected chi connectivity index (χ2v) is 10.2. The van der Waals surface area contributed by atoms with Crippen molar-refractivity contribution < 1.29 is 0 Å². The van der Waals surface area contributed by atoms with Crippen molar-refractivity contribution in [3.8, 4) is 0 Å². The summed E-state index contributed by atoms with van der Waals surface area (Å²) in [5.74, 6) is 1.96. The molecule has 0 rings (SSSR count). The van der Waals surface area contributed by atoms with Crippen LogP contribution < -0.4 is 0 Å². The number of hydrogen-bond donors (Lipinski definition) is 0. The van der Waals surface area contributed by atoms with Gasteiger partial charge >= 0.3 is 0 Å². The van der Waals surface area contributed by atoms with Gasteiger partial charge in [0.1, 0.15) is 0 Å². The molecule has 0 saturated carbocycles. The summed E-state index contributed by atoms with van der Waals surface area (Å²) in [5, 5.41) is 0. The van der Waals surface area contributed by atoms with Crippen LogP contribution in [0.3, 0.4) is 0 Å². The monoisotopic (exact) mass is 408 g/mol. The van der Waals surface area contributed by atoms with Gasteiger partial charge < -0.3 is 0 Å². The Morgan fingerprint density at radius 3 is 1.17 bits per heavy atom. The van der Waals surface area contributed by atoms with Crippen LogP contribution >= 0.6 is 0 Å². The Hall–Kier alpha value is 0. The average molecular weight is 409 g/mol. The maximum absolute atomic E-state index is 2.51. The Morgan fingerprint density at radius 1 is 0.379 bits per heavy atom. The average Bonchev–Trinajstić information content (AvgIpc) is 2.73. The molecule has 176 valence electrons. The van der Waals surface area contributed by atoms with Gasteiger partial charge in [-0.3, -0.25) is 0 Å². The summed E-state index contributed by atoms with van der Waals surface area (Å²) in [6.07, 6.45) is 33.7. The highest BCUT2D eigenvalue weighted by Crippen LogP contribution is 2.24. The van der Waals surface area contributed by atoms with Crippen molar-refractivity contribution in [3.63, 3.8) is 0 Å². The molecular formula is C29H60. The van der Waals surface area contributed by atoms with Gasteiger partial charge in [0.15, 0.2) is 0 Å². The van der Waals surface area contributed by atoms with Crippen molar-refractivity contribution in [1.82, 2.24) is 0 Å². The minimum Gasteiger partial charge on any atom is -0.0654 e. The van der Waals surface area contributed by atoms with Crippen molar-refractivity contribution in [2.45, 2.75) is 175 Å².